The van der Waals surface area contributed by atoms with Crippen molar-refractivity contribution in [3.63, 3.8) is 0 Å². The van der Waals surface area contributed by atoms with Gasteiger partial charge in [0.2, 0.25) is 5.91 Å². The Kier molecular flexibility index (Phi) is 6.25. The number of hydrogen-bond acceptors (Lipinski definition) is 6. The number of carboxylic acid groups (broad SMARTS) is 1. The summed E-state index contributed by atoms with van der Waals surface area (Å²) in [6.07, 6.45) is -0.575. The first-order valence-corrected chi connectivity index (χ1v) is 8.76. The molecule has 2 fully saturated rings. The molecule has 3 N–H and O–H groups in total. The molecule has 2 aliphatic rings. The number of carbonyl (C=O) groups excluding carboxylic acids is 2. The van der Waals surface area contributed by atoms with Gasteiger partial charge in [-0.25, -0.2) is 4.79 Å². The van der Waals surface area contributed by atoms with Gasteiger partial charge in [-0.2, -0.15) is 0 Å². The Morgan fingerprint density at radius 2 is 2.00 bits per heavy atom. The minimum atomic E-state index is -1.17. The van der Waals surface area contributed by atoms with E-state index in [1.165, 1.54) is 0 Å². The van der Waals surface area contributed by atoms with E-state index in [4.69, 9.17) is 19.3 Å². The van der Waals surface area contributed by atoms with Gasteiger partial charge in [0.25, 0.3) is 0 Å². The largest absolute Gasteiger partial charge is 0.480 e. The van der Waals surface area contributed by atoms with E-state index in [1.807, 2.05) is 30.3 Å². The third-order valence-electron chi connectivity index (χ3n) is 4.55. The third kappa shape index (κ3) is 5.18. The Balaban J connectivity index is 1.60. The number of alkyl carbamates (subject to hydrolysis) is 1. The minimum Gasteiger partial charge on any atom is -0.480 e. The highest BCUT2D eigenvalue weighted by Crippen LogP contribution is 2.32. The molecule has 0 aromatic heterocycles. The van der Waals surface area contributed by atoms with Crippen LogP contribution in [0, 0.1) is 5.92 Å². The van der Waals surface area contributed by atoms with Crippen LogP contribution in [0.25, 0.3) is 0 Å². The SMILES string of the molecule is O=C(O)CNC(=O)[C@H](Cc1ccccc1)NC(=O)O[C@H]1CO[C@H]2OCC[C@H]21. The van der Waals surface area contributed by atoms with Gasteiger partial charge in [0.1, 0.15) is 18.7 Å². The fourth-order valence-electron chi connectivity index (χ4n) is 3.21. The van der Waals surface area contributed by atoms with Gasteiger partial charge < -0.3 is 30.0 Å². The van der Waals surface area contributed by atoms with Crippen LogP contribution in [0.15, 0.2) is 30.3 Å². The summed E-state index contributed by atoms with van der Waals surface area (Å²) in [6, 6.07) is 8.14. The van der Waals surface area contributed by atoms with Crippen LogP contribution in [0.1, 0.15) is 12.0 Å². The molecule has 2 aliphatic heterocycles. The molecule has 3 rings (SSSR count). The standard InChI is InChI=1S/C18H22N2O7/c21-15(22)9-19-16(23)13(8-11-4-2-1-3-5-11)20-18(24)27-14-10-26-17-12(14)6-7-25-17/h1-5,12-14,17H,6-10H2,(H,19,23)(H,20,24)(H,21,22)/t12-,13-,14-,17+/m0/s1. The molecule has 0 unspecified atom stereocenters. The molecule has 2 saturated heterocycles. The summed E-state index contributed by atoms with van der Waals surface area (Å²) in [4.78, 5) is 35.3. The Morgan fingerprint density at radius 3 is 2.74 bits per heavy atom. The van der Waals surface area contributed by atoms with E-state index in [2.05, 4.69) is 10.6 Å². The summed E-state index contributed by atoms with van der Waals surface area (Å²) in [5.74, 6) is -1.77. The van der Waals surface area contributed by atoms with Gasteiger partial charge in [0.15, 0.2) is 6.29 Å². The highest BCUT2D eigenvalue weighted by Gasteiger charge is 2.44. The highest BCUT2D eigenvalue weighted by atomic mass is 16.7. The lowest BCUT2D eigenvalue weighted by atomic mass is 10.0. The zero-order valence-electron chi connectivity index (χ0n) is 14.6. The number of fused-ring (bicyclic) bond motifs is 1. The average molecular weight is 378 g/mol. The van der Waals surface area contributed by atoms with E-state index in [0.29, 0.717) is 6.61 Å². The maximum absolute atomic E-state index is 12.3. The second-order valence-corrected chi connectivity index (χ2v) is 6.47. The van der Waals surface area contributed by atoms with Crippen LogP contribution >= 0.6 is 0 Å². The number of hydrogen-bond donors (Lipinski definition) is 3. The molecule has 2 heterocycles. The van der Waals surface area contributed by atoms with Gasteiger partial charge in [-0.1, -0.05) is 30.3 Å². The molecule has 9 heteroatoms. The zero-order valence-corrected chi connectivity index (χ0v) is 14.6. The van der Waals surface area contributed by atoms with Gasteiger partial charge in [-0.05, 0) is 12.0 Å². The van der Waals surface area contributed by atoms with E-state index in [-0.39, 0.29) is 25.2 Å². The Labute approximate surface area is 156 Å². The van der Waals surface area contributed by atoms with E-state index in [9.17, 15) is 14.4 Å². The van der Waals surface area contributed by atoms with Gasteiger partial charge in [-0.15, -0.1) is 0 Å². The number of aliphatic carboxylic acids is 1. The van der Waals surface area contributed by atoms with E-state index >= 15 is 0 Å². The molecule has 0 aliphatic carbocycles. The number of nitrogens with one attached hydrogen (secondary N) is 2. The maximum Gasteiger partial charge on any atom is 0.408 e. The summed E-state index contributed by atoms with van der Waals surface area (Å²) >= 11 is 0. The first kappa shape index (κ1) is 19.1. The van der Waals surface area contributed by atoms with Crippen LogP contribution in [0.2, 0.25) is 0 Å². The highest BCUT2D eigenvalue weighted by molar-refractivity contribution is 5.88. The molecule has 0 saturated carbocycles. The molecule has 0 bridgehead atoms. The first-order valence-electron chi connectivity index (χ1n) is 8.76. The quantitative estimate of drug-likeness (QED) is 0.623. The zero-order chi connectivity index (χ0) is 19.2. The van der Waals surface area contributed by atoms with Crippen molar-refractivity contribution in [3.8, 4) is 0 Å². The number of carbonyl (C=O) groups is 3. The van der Waals surface area contributed by atoms with E-state index in [0.717, 1.165) is 12.0 Å². The predicted molar refractivity (Wildman–Crippen MR) is 91.8 cm³/mol. The molecule has 1 aromatic carbocycles. The van der Waals surface area contributed by atoms with Crippen molar-refractivity contribution >= 4 is 18.0 Å². The van der Waals surface area contributed by atoms with Gasteiger partial charge in [0, 0.05) is 6.42 Å². The van der Waals surface area contributed by atoms with Crippen LogP contribution in [-0.2, 0) is 30.2 Å². The molecular formula is C18H22N2O7. The molecule has 2 amide bonds. The molecule has 4 atom stereocenters. The monoisotopic (exact) mass is 378 g/mol. The number of amides is 2. The lowest BCUT2D eigenvalue weighted by molar-refractivity contribution is -0.138. The lowest BCUT2D eigenvalue weighted by Crippen LogP contribution is -2.50. The fraction of sp³-hybridized carbons (Fsp3) is 0.500. The van der Waals surface area contributed by atoms with Crippen LogP contribution in [0.3, 0.4) is 0 Å². The molecule has 1 aromatic rings. The molecule has 0 radical (unpaired) electrons. The average Bonchev–Trinajstić information content (AvgIpc) is 3.25. The van der Waals surface area contributed by atoms with Crippen molar-refractivity contribution in [1.82, 2.24) is 10.6 Å². The lowest BCUT2D eigenvalue weighted by Gasteiger charge is -2.21. The minimum absolute atomic E-state index is 0.0100. The number of benzene rings is 1. The second kappa shape index (κ2) is 8.83. The van der Waals surface area contributed by atoms with E-state index in [1.54, 1.807) is 0 Å². The molecule has 9 nitrogen and oxygen atoms in total. The van der Waals surface area contributed by atoms with E-state index < -0.39 is 36.7 Å². The van der Waals surface area contributed by atoms with Crippen molar-refractivity contribution in [1.29, 1.82) is 0 Å². The van der Waals surface area contributed by atoms with Crippen molar-refractivity contribution in [3.05, 3.63) is 35.9 Å². The van der Waals surface area contributed by atoms with Crippen LogP contribution in [-0.4, -0.2) is 61.3 Å². The van der Waals surface area contributed by atoms with Crippen LogP contribution in [0.5, 0.6) is 0 Å². The van der Waals surface area contributed by atoms with Gasteiger partial charge in [-0.3, -0.25) is 9.59 Å². The maximum atomic E-state index is 12.3. The summed E-state index contributed by atoms with van der Waals surface area (Å²) in [7, 11) is 0. The predicted octanol–water partition coefficient (Wildman–Crippen LogP) is 0.286. The molecular weight excluding hydrogens is 356 g/mol. The van der Waals surface area contributed by atoms with Crippen molar-refractivity contribution in [2.24, 2.45) is 5.92 Å². The summed E-state index contributed by atoms with van der Waals surface area (Å²) < 4.78 is 16.2. The Bertz CT molecular complexity index is 682. The van der Waals surface area contributed by atoms with Crippen molar-refractivity contribution in [2.75, 3.05) is 19.8 Å². The summed E-state index contributed by atoms with van der Waals surface area (Å²) in [5.41, 5.74) is 0.821. The fourth-order valence-corrected chi connectivity index (χ4v) is 3.21. The number of ether oxygens (including phenoxy) is 3. The molecule has 27 heavy (non-hydrogen) atoms. The van der Waals surface area contributed by atoms with Crippen molar-refractivity contribution in [2.45, 2.75) is 31.3 Å². The number of carboxylic acids is 1. The molecule has 146 valence electrons. The normalized spacial score (nSPS) is 24.7. The van der Waals surface area contributed by atoms with Gasteiger partial charge >= 0.3 is 12.1 Å². The number of rotatable bonds is 7. The Morgan fingerprint density at radius 1 is 1.22 bits per heavy atom. The smallest absolute Gasteiger partial charge is 0.408 e. The summed E-state index contributed by atoms with van der Waals surface area (Å²) in [5, 5.41) is 13.6. The van der Waals surface area contributed by atoms with Crippen molar-refractivity contribution < 1.29 is 33.7 Å². The van der Waals surface area contributed by atoms with Crippen LogP contribution < -0.4 is 10.6 Å². The summed E-state index contributed by atoms with van der Waals surface area (Å²) in [6.45, 7) is 0.279. The van der Waals surface area contributed by atoms with Gasteiger partial charge in [0.05, 0.1) is 19.1 Å². The first-order chi connectivity index (χ1) is 13.0. The Hall–Kier alpha value is -2.65. The second-order valence-electron chi connectivity index (χ2n) is 6.47. The third-order valence-corrected chi connectivity index (χ3v) is 4.55. The topological polar surface area (TPSA) is 123 Å². The van der Waals surface area contributed by atoms with Crippen LogP contribution in [0.4, 0.5) is 4.79 Å². The molecule has 0 spiro atoms.